The van der Waals surface area contributed by atoms with Crippen LogP contribution in [0.15, 0.2) is 24.4 Å². The molecule has 0 unspecified atom stereocenters. The molecule has 0 radical (unpaired) electrons. The lowest BCUT2D eigenvalue weighted by atomic mass is 9.88. The van der Waals surface area contributed by atoms with Crippen LogP contribution in [0.3, 0.4) is 0 Å². The third-order valence-electron chi connectivity index (χ3n) is 6.96. The van der Waals surface area contributed by atoms with Crippen LogP contribution in [0.5, 0.6) is 0 Å². The van der Waals surface area contributed by atoms with Gasteiger partial charge in [0, 0.05) is 50.0 Å². The zero-order chi connectivity index (χ0) is 18.5. The molecule has 1 amide bonds. The summed E-state index contributed by atoms with van der Waals surface area (Å²) in [5.74, 6) is 1.22. The summed E-state index contributed by atoms with van der Waals surface area (Å²) in [5, 5.41) is 0. The van der Waals surface area contributed by atoms with Crippen LogP contribution in [0, 0.1) is 11.8 Å². The van der Waals surface area contributed by atoms with E-state index in [0.717, 1.165) is 51.5 Å². The van der Waals surface area contributed by atoms with E-state index in [1.165, 1.54) is 50.6 Å². The van der Waals surface area contributed by atoms with Crippen LogP contribution in [-0.2, 0) is 11.2 Å². The summed E-state index contributed by atoms with van der Waals surface area (Å²) in [4.78, 5) is 22.7. The lowest BCUT2D eigenvalue weighted by Crippen LogP contribution is -2.41. The Kier molecular flexibility index (Phi) is 6.43. The standard InChI is InChI=1S/C23H35N3O/c27-23(20-8-2-1-3-9-20)26-15-14-25(22-11-4-5-12-22)17-19(18-26)16-21-10-6-7-13-24-21/h6-7,10,13,19-20,22H,1-5,8-9,11-12,14-18H2/t19-/m0/s1. The van der Waals surface area contributed by atoms with Crippen molar-refractivity contribution in [3.8, 4) is 0 Å². The summed E-state index contributed by atoms with van der Waals surface area (Å²) in [6.07, 6.45) is 14.3. The summed E-state index contributed by atoms with van der Waals surface area (Å²) in [7, 11) is 0. The van der Waals surface area contributed by atoms with E-state index in [-0.39, 0.29) is 5.92 Å². The van der Waals surface area contributed by atoms with Crippen molar-refractivity contribution in [2.24, 2.45) is 11.8 Å². The molecular formula is C23H35N3O. The highest BCUT2D eigenvalue weighted by Gasteiger charge is 2.33. The molecule has 0 bridgehead atoms. The van der Waals surface area contributed by atoms with Gasteiger partial charge < -0.3 is 4.90 Å². The summed E-state index contributed by atoms with van der Waals surface area (Å²) in [6.45, 7) is 4.01. The molecule has 3 fully saturated rings. The smallest absolute Gasteiger partial charge is 0.225 e. The van der Waals surface area contributed by atoms with Crippen LogP contribution in [-0.4, -0.2) is 52.9 Å². The first-order chi connectivity index (χ1) is 13.3. The summed E-state index contributed by atoms with van der Waals surface area (Å²) < 4.78 is 0. The Hall–Kier alpha value is -1.42. The van der Waals surface area contributed by atoms with Crippen molar-refractivity contribution < 1.29 is 4.79 Å². The van der Waals surface area contributed by atoms with Crippen molar-refractivity contribution in [2.45, 2.75) is 70.3 Å². The first kappa shape index (κ1) is 18.9. The van der Waals surface area contributed by atoms with E-state index in [9.17, 15) is 4.79 Å². The number of nitrogens with zero attached hydrogens (tertiary/aromatic N) is 3. The van der Waals surface area contributed by atoms with E-state index in [1.807, 2.05) is 12.3 Å². The SMILES string of the molecule is O=C(C1CCCCC1)N1CCN(C2CCCC2)C[C@H](Cc2ccccn2)C1. The van der Waals surface area contributed by atoms with E-state index < -0.39 is 0 Å². The second-order valence-electron chi connectivity index (χ2n) is 8.94. The Morgan fingerprint density at radius 2 is 1.74 bits per heavy atom. The first-order valence-electron chi connectivity index (χ1n) is 11.2. The fourth-order valence-electron chi connectivity index (χ4n) is 5.49. The Morgan fingerprint density at radius 1 is 0.963 bits per heavy atom. The second kappa shape index (κ2) is 9.18. The molecule has 4 rings (SSSR count). The maximum absolute atomic E-state index is 13.2. The minimum atomic E-state index is 0.285. The molecule has 2 saturated carbocycles. The molecule has 27 heavy (non-hydrogen) atoms. The third kappa shape index (κ3) is 4.90. The van der Waals surface area contributed by atoms with Gasteiger partial charge in [0.2, 0.25) is 5.91 Å². The number of hydrogen-bond acceptors (Lipinski definition) is 3. The fourth-order valence-corrected chi connectivity index (χ4v) is 5.49. The lowest BCUT2D eigenvalue weighted by molar-refractivity contribution is -0.136. The van der Waals surface area contributed by atoms with E-state index in [4.69, 9.17) is 0 Å². The van der Waals surface area contributed by atoms with E-state index in [0.29, 0.717) is 11.8 Å². The summed E-state index contributed by atoms with van der Waals surface area (Å²) in [6, 6.07) is 6.94. The molecule has 0 aromatic carbocycles. The minimum absolute atomic E-state index is 0.285. The maximum atomic E-state index is 13.2. The molecule has 4 heteroatoms. The van der Waals surface area contributed by atoms with Crippen molar-refractivity contribution in [2.75, 3.05) is 26.2 Å². The minimum Gasteiger partial charge on any atom is -0.341 e. The largest absolute Gasteiger partial charge is 0.341 e. The van der Waals surface area contributed by atoms with Gasteiger partial charge in [-0.05, 0) is 50.2 Å². The average Bonchev–Trinajstić information content (AvgIpc) is 3.17. The number of carbonyl (C=O) groups excluding carboxylic acids is 1. The summed E-state index contributed by atoms with van der Waals surface area (Å²) in [5.41, 5.74) is 1.17. The zero-order valence-electron chi connectivity index (χ0n) is 16.7. The van der Waals surface area contributed by atoms with Crippen LogP contribution in [0.2, 0.25) is 0 Å². The molecule has 0 spiro atoms. The molecule has 2 aliphatic carbocycles. The van der Waals surface area contributed by atoms with E-state index in [1.54, 1.807) is 0 Å². The number of aromatic nitrogens is 1. The molecule has 4 nitrogen and oxygen atoms in total. The van der Waals surface area contributed by atoms with Gasteiger partial charge in [-0.3, -0.25) is 14.7 Å². The van der Waals surface area contributed by atoms with Crippen molar-refractivity contribution in [3.05, 3.63) is 30.1 Å². The predicted molar refractivity (Wildman–Crippen MR) is 108 cm³/mol. The molecule has 1 atom stereocenters. The highest BCUT2D eigenvalue weighted by atomic mass is 16.2. The van der Waals surface area contributed by atoms with Crippen LogP contribution in [0.4, 0.5) is 0 Å². The monoisotopic (exact) mass is 369 g/mol. The highest BCUT2D eigenvalue weighted by Crippen LogP contribution is 2.29. The van der Waals surface area contributed by atoms with Gasteiger partial charge in [-0.25, -0.2) is 0 Å². The maximum Gasteiger partial charge on any atom is 0.225 e. The van der Waals surface area contributed by atoms with E-state index >= 15 is 0 Å². The van der Waals surface area contributed by atoms with Crippen LogP contribution in [0.25, 0.3) is 0 Å². The molecule has 1 saturated heterocycles. The van der Waals surface area contributed by atoms with Gasteiger partial charge >= 0.3 is 0 Å². The Balaban J connectivity index is 1.46. The molecule has 148 valence electrons. The molecule has 1 aliphatic heterocycles. The van der Waals surface area contributed by atoms with Crippen molar-refractivity contribution in [3.63, 3.8) is 0 Å². The topological polar surface area (TPSA) is 36.4 Å². The van der Waals surface area contributed by atoms with Gasteiger partial charge in [0.25, 0.3) is 0 Å². The van der Waals surface area contributed by atoms with Gasteiger partial charge in [0.1, 0.15) is 0 Å². The summed E-state index contributed by atoms with van der Waals surface area (Å²) >= 11 is 0. The number of hydrogen-bond donors (Lipinski definition) is 0. The molecule has 0 N–H and O–H groups in total. The predicted octanol–water partition coefficient (Wildman–Crippen LogP) is 3.91. The van der Waals surface area contributed by atoms with Gasteiger partial charge in [0.05, 0.1) is 0 Å². The van der Waals surface area contributed by atoms with Crippen LogP contribution >= 0.6 is 0 Å². The quantitative estimate of drug-likeness (QED) is 0.807. The van der Waals surface area contributed by atoms with Crippen LogP contribution in [0.1, 0.15) is 63.5 Å². The first-order valence-corrected chi connectivity index (χ1v) is 11.2. The van der Waals surface area contributed by atoms with Gasteiger partial charge in [0.15, 0.2) is 0 Å². The molecule has 2 heterocycles. The Bertz CT molecular complexity index is 593. The van der Waals surface area contributed by atoms with Gasteiger partial charge in [-0.2, -0.15) is 0 Å². The second-order valence-corrected chi connectivity index (χ2v) is 8.94. The van der Waals surface area contributed by atoms with Crippen LogP contribution < -0.4 is 0 Å². The Morgan fingerprint density at radius 3 is 2.48 bits per heavy atom. The Labute approximate surface area is 164 Å². The molecular weight excluding hydrogens is 334 g/mol. The van der Waals surface area contributed by atoms with Crippen molar-refractivity contribution in [1.82, 2.24) is 14.8 Å². The molecule has 1 aromatic heterocycles. The molecule has 1 aromatic rings. The molecule has 3 aliphatic rings. The van der Waals surface area contributed by atoms with Crippen molar-refractivity contribution in [1.29, 1.82) is 0 Å². The fraction of sp³-hybridized carbons (Fsp3) is 0.739. The van der Waals surface area contributed by atoms with Gasteiger partial charge in [-0.15, -0.1) is 0 Å². The van der Waals surface area contributed by atoms with Crippen molar-refractivity contribution >= 4 is 5.91 Å². The number of amides is 1. The average molecular weight is 370 g/mol. The lowest BCUT2D eigenvalue weighted by Gasteiger charge is -2.30. The number of carbonyl (C=O) groups is 1. The highest BCUT2D eigenvalue weighted by molar-refractivity contribution is 5.79. The van der Waals surface area contributed by atoms with E-state index in [2.05, 4.69) is 26.9 Å². The van der Waals surface area contributed by atoms with Gasteiger partial charge in [-0.1, -0.05) is 38.2 Å². The normalized spacial score (nSPS) is 26.2. The zero-order valence-corrected chi connectivity index (χ0v) is 16.7. The third-order valence-corrected chi connectivity index (χ3v) is 6.96. The number of pyridine rings is 1. The number of rotatable bonds is 4.